The van der Waals surface area contributed by atoms with Crippen molar-refractivity contribution in [3.05, 3.63) is 29.3 Å². The molecule has 1 heterocycles. The minimum absolute atomic E-state index is 0.335. The summed E-state index contributed by atoms with van der Waals surface area (Å²) in [7, 11) is -3.38. The highest BCUT2D eigenvalue weighted by molar-refractivity contribution is 7.89. The molecule has 1 aromatic carbocycles. The minimum atomic E-state index is -3.38. The first-order valence-corrected chi connectivity index (χ1v) is 8.49. The molecule has 0 N–H and O–H groups in total. The van der Waals surface area contributed by atoms with E-state index in [0.717, 1.165) is 11.1 Å². The predicted octanol–water partition coefficient (Wildman–Crippen LogP) is 3.01. The molecule has 106 valence electrons. The van der Waals surface area contributed by atoms with Gasteiger partial charge in [0.15, 0.2) is 0 Å². The van der Waals surface area contributed by atoms with Crippen molar-refractivity contribution in [2.75, 3.05) is 13.1 Å². The van der Waals surface area contributed by atoms with Crippen molar-refractivity contribution < 1.29 is 8.42 Å². The van der Waals surface area contributed by atoms with Crippen molar-refractivity contribution >= 4 is 21.6 Å². The molecule has 0 saturated carbocycles. The monoisotopic (exact) mass is 301 g/mol. The van der Waals surface area contributed by atoms with E-state index in [2.05, 4.69) is 13.8 Å². The third-order valence-electron chi connectivity index (χ3n) is 4.06. The number of benzene rings is 1. The molecule has 1 fully saturated rings. The molecule has 0 aromatic heterocycles. The van der Waals surface area contributed by atoms with Gasteiger partial charge in [-0.2, -0.15) is 4.31 Å². The second kappa shape index (κ2) is 5.43. The third-order valence-corrected chi connectivity index (χ3v) is 6.17. The lowest BCUT2D eigenvalue weighted by atomic mass is 10.0. The molecule has 0 bridgehead atoms. The molecule has 1 aliphatic rings. The van der Waals surface area contributed by atoms with Crippen molar-refractivity contribution in [3.8, 4) is 0 Å². The maximum atomic E-state index is 12.6. The van der Waals surface area contributed by atoms with E-state index in [1.165, 1.54) is 0 Å². The summed E-state index contributed by atoms with van der Waals surface area (Å²) in [6.07, 6.45) is 0. The molecule has 1 saturated heterocycles. The Bertz CT molecular complexity index is 561. The number of alkyl halides is 1. The fourth-order valence-electron chi connectivity index (χ4n) is 2.37. The van der Waals surface area contributed by atoms with Gasteiger partial charge in [0.05, 0.1) is 4.90 Å². The fourth-order valence-corrected chi connectivity index (χ4v) is 4.35. The average molecular weight is 302 g/mol. The summed E-state index contributed by atoms with van der Waals surface area (Å²) in [5, 5.41) is 0. The van der Waals surface area contributed by atoms with Gasteiger partial charge in [0, 0.05) is 19.0 Å². The molecular weight excluding hydrogens is 282 g/mol. The Hall–Kier alpha value is -0.580. The number of aryl methyl sites for hydroxylation is 1. The summed E-state index contributed by atoms with van der Waals surface area (Å²) >= 11 is 5.85. The van der Waals surface area contributed by atoms with Crippen LogP contribution in [0.2, 0.25) is 0 Å². The van der Waals surface area contributed by atoms with Crippen molar-refractivity contribution in [1.29, 1.82) is 0 Å². The maximum absolute atomic E-state index is 12.6. The fraction of sp³-hybridized carbons (Fsp3) is 0.571. The van der Waals surface area contributed by atoms with Gasteiger partial charge in [0.25, 0.3) is 0 Å². The maximum Gasteiger partial charge on any atom is 0.243 e. The lowest BCUT2D eigenvalue weighted by Gasteiger charge is -2.17. The average Bonchev–Trinajstić information content (AvgIpc) is 2.70. The van der Waals surface area contributed by atoms with E-state index in [1.54, 1.807) is 16.4 Å². The second-order valence-corrected chi connectivity index (χ2v) is 7.70. The van der Waals surface area contributed by atoms with Gasteiger partial charge in [-0.15, -0.1) is 11.6 Å². The van der Waals surface area contributed by atoms with Gasteiger partial charge < -0.3 is 0 Å². The lowest BCUT2D eigenvalue weighted by molar-refractivity contribution is 0.463. The number of sulfonamides is 1. The largest absolute Gasteiger partial charge is 0.243 e. The van der Waals surface area contributed by atoms with E-state index >= 15 is 0 Å². The highest BCUT2D eigenvalue weighted by atomic mass is 35.5. The van der Waals surface area contributed by atoms with Gasteiger partial charge in [-0.25, -0.2) is 8.42 Å². The Labute approximate surface area is 120 Å². The Kier molecular flexibility index (Phi) is 4.23. The molecule has 1 aromatic rings. The molecule has 2 atom stereocenters. The number of hydrogen-bond donors (Lipinski definition) is 0. The summed E-state index contributed by atoms with van der Waals surface area (Å²) in [6.45, 7) is 7.34. The van der Waals surface area contributed by atoms with Gasteiger partial charge in [-0.1, -0.05) is 19.9 Å². The third kappa shape index (κ3) is 2.81. The topological polar surface area (TPSA) is 37.4 Å². The van der Waals surface area contributed by atoms with Crippen LogP contribution in [0.15, 0.2) is 23.1 Å². The standard InChI is InChI=1S/C14H20ClNO2S/c1-10-4-5-14(6-13(10)7-15)19(17,18)16-8-11(2)12(3)9-16/h4-6,11-12H,7-9H2,1-3H3. The van der Waals surface area contributed by atoms with Gasteiger partial charge in [-0.05, 0) is 42.0 Å². The van der Waals surface area contributed by atoms with Crippen molar-refractivity contribution in [1.82, 2.24) is 4.31 Å². The van der Waals surface area contributed by atoms with E-state index in [0.29, 0.717) is 35.7 Å². The van der Waals surface area contributed by atoms with Crippen LogP contribution in [-0.4, -0.2) is 25.8 Å². The minimum Gasteiger partial charge on any atom is -0.207 e. The summed E-state index contributed by atoms with van der Waals surface area (Å²) < 4.78 is 26.8. The van der Waals surface area contributed by atoms with Crippen LogP contribution >= 0.6 is 11.6 Å². The van der Waals surface area contributed by atoms with Crippen molar-refractivity contribution in [3.63, 3.8) is 0 Å². The quantitative estimate of drug-likeness (QED) is 0.805. The highest BCUT2D eigenvalue weighted by Gasteiger charge is 2.34. The number of nitrogens with zero attached hydrogens (tertiary/aromatic N) is 1. The molecule has 0 radical (unpaired) electrons. The first kappa shape index (κ1) is 14.8. The van der Waals surface area contributed by atoms with Gasteiger partial charge >= 0.3 is 0 Å². The molecule has 3 nitrogen and oxygen atoms in total. The van der Waals surface area contributed by atoms with Crippen LogP contribution in [0.1, 0.15) is 25.0 Å². The summed E-state index contributed by atoms with van der Waals surface area (Å²) in [5.74, 6) is 1.16. The van der Waals surface area contributed by atoms with Crippen molar-refractivity contribution in [2.45, 2.75) is 31.5 Å². The van der Waals surface area contributed by atoms with Crippen LogP contribution in [0.25, 0.3) is 0 Å². The predicted molar refractivity (Wildman–Crippen MR) is 77.8 cm³/mol. The highest BCUT2D eigenvalue weighted by Crippen LogP contribution is 2.29. The van der Waals surface area contributed by atoms with Crippen LogP contribution in [0.3, 0.4) is 0 Å². The molecule has 2 rings (SSSR count). The first-order valence-electron chi connectivity index (χ1n) is 6.52. The van der Waals surface area contributed by atoms with Crippen LogP contribution in [0.5, 0.6) is 0 Å². The Morgan fingerprint density at radius 1 is 1.26 bits per heavy atom. The van der Waals surface area contributed by atoms with Gasteiger partial charge in [0.1, 0.15) is 0 Å². The van der Waals surface area contributed by atoms with E-state index in [9.17, 15) is 8.42 Å². The normalized spacial score (nSPS) is 24.8. The first-order chi connectivity index (χ1) is 8.86. The molecule has 0 aliphatic carbocycles. The molecule has 2 unspecified atom stereocenters. The second-order valence-electron chi connectivity index (χ2n) is 5.50. The number of halogens is 1. The van der Waals surface area contributed by atoms with Crippen LogP contribution in [-0.2, 0) is 15.9 Å². The summed E-state index contributed by atoms with van der Waals surface area (Å²) in [5.41, 5.74) is 1.90. The van der Waals surface area contributed by atoms with Crippen LogP contribution in [0.4, 0.5) is 0 Å². The Morgan fingerprint density at radius 3 is 2.37 bits per heavy atom. The van der Waals surface area contributed by atoms with Crippen LogP contribution < -0.4 is 0 Å². The van der Waals surface area contributed by atoms with E-state index in [1.807, 2.05) is 13.0 Å². The number of rotatable bonds is 3. The molecular formula is C14H20ClNO2S. The number of hydrogen-bond acceptors (Lipinski definition) is 2. The molecule has 0 spiro atoms. The van der Waals surface area contributed by atoms with Crippen LogP contribution in [0, 0.1) is 18.8 Å². The van der Waals surface area contributed by atoms with E-state index in [-0.39, 0.29) is 0 Å². The smallest absolute Gasteiger partial charge is 0.207 e. The summed E-state index contributed by atoms with van der Waals surface area (Å²) in [4.78, 5) is 0.357. The summed E-state index contributed by atoms with van der Waals surface area (Å²) in [6, 6.07) is 5.20. The van der Waals surface area contributed by atoms with E-state index < -0.39 is 10.0 Å². The zero-order valence-electron chi connectivity index (χ0n) is 11.6. The molecule has 1 aliphatic heterocycles. The van der Waals surface area contributed by atoms with Gasteiger partial charge in [0.2, 0.25) is 10.0 Å². The Morgan fingerprint density at radius 2 is 1.84 bits per heavy atom. The van der Waals surface area contributed by atoms with E-state index in [4.69, 9.17) is 11.6 Å². The zero-order chi connectivity index (χ0) is 14.2. The molecule has 0 amide bonds. The SMILES string of the molecule is Cc1ccc(S(=O)(=O)N2CC(C)C(C)C2)cc1CCl. The molecule has 5 heteroatoms. The molecule has 19 heavy (non-hydrogen) atoms. The van der Waals surface area contributed by atoms with Gasteiger partial charge in [-0.3, -0.25) is 0 Å². The van der Waals surface area contributed by atoms with Crippen molar-refractivity contribution in [2.24, 2.45) is 11.8 Å². The Balaban J connectivity index is 2.35. The lowest BCUT2D eigenvalue weighted by Crippen LogP contribution is -2.29. The zero-order valence-corrected chi connectivity index (χ0v) is 13.1.